The highest BCUT2D eigenvalue weighted by Crippen LogP contribution is 2.18. The molecule has 6 nitrogen and oxygen atoms in total. The molecule has 0 radical (unpaired) electrons. The maximum absolute atomic E-state index is 12.6. The third kappa shape index (κ3) is 5.64. The predicted octanol–water partition coefficient (Wildman–Crippen LogP) is 2.99. The first-order valence-corrected chi connectivity index (χ1v) is 9.17. The molecule has 1 atom stereocenters. The Morgan fingerprint density at radius 3 is 2.56 bits per heavy atom. The van der Waals surface area contributed by atoms with E-state index in [9.17, 15) is 9.59 Å². The number of ether oxygens (including phenoxy) is 1. The van der Waals surface area contributed by atoms with Crippen LogP contribution in [0.2, 0.25) is 0 Å². The SMILES string of the molecule is CN(CC(=O)Nc1ccccc1C(=O)Nc1ccccc1)CC1CCCO1. The van der Waals surface area contributed by atoms with Gasteiger partial charge in [-0.05, 0) is 44.2 Å². The molecule has 27 heavy (non-hydrogen) atoms. The maximum Gasteiger partial charge on any atom is 0.257 e. The summed E-state index contributed by atoms with van der Waals surface area (Å²) in [6, 6.07) is 16.2. The number of carbonyl (C=O) groups excluding carboxylic acids is 2. The Kier molecular flexibility index (Phi) is 6.57. The van der Waals surface area contributed by atoms with Crippen molar-refractivity contribution in [2.45, 2.75) is 18.9 Å². The van der Waals surface area contributed by atoms with Crippen LogP contribution in [0.25, 0.3) is 0 Å². The van der Waals surface area contributed by atoms with Crippen LogP contribution in [0.5, 0.6) is 0 Å². The van der Waals surface area contributed by atoms with Crippen molar-refractivity contribution in [3.8, 4) is 0 Å². The van der Waals surface area contributed by atoms with Crippen molar-refractivity contribution < 1.29 is 14.3 Å². The lowest BCUT2D eigenvalue weighted by Crippen LogP contribution is -2.35. The van der Waals surface area contributed by atoms with Crippen molar-refractivity contribution in [1.82, 2.24) is 4.90 Å². The molecule has 0 spiro atoms. The summed E-state index contributed by atoms with van der Waals surface area (Å²) in [6.45, 7) is 1.77. The minimum absolute atomic E-state index is 0.157. The van der Waals surface area contributed by atoms with Gasteiger partial charge in [0, 0.05) is 18.8 Å². The average molecular weight is 367 g/mol. The number of para-hydroxylation sites is 2. The first-order chi connectivity index (χ1) is 13.1. The van der Waals surface area contributed by atoms with Crippen LogP contribution in [-0.4, -0.2) is 49.6 Å². The lowest BCUT2D eigenvalue weighted by molar-refractivity contribution is -0.117. The molecule has 0 saturated carbocycles. The van der Waals surface area contributed by atoms with Gasteiger partial charge in [0.05, 0.1) is 23.9 Å². The van der Waals surface area contributed by atoms with E-state index in [4.69, 9.17) is 4.74 Å². The van der Waals surface area contributed by atoms with Crippen LogP contribution >= 0.6 is 0 Å². The second-order valence-electron chi connectivity index (χ2n) is 6.75. The highest BCUT2D eigenvalue weighted by atomic mass is 16.5. The Morgan fingerprint density at radius 2 is 1.81 bits per heavy atom. The summed E-state index contributed by atoms with van der Waals surface area (Å²) in [6.07, 6.45) is 2.31. The molecule has 2 aromatic carbocycles. The summed E-state index contributed by atoms with van der Waals surface area (Å²) >= 11 is 0. The lowest BCUT2D eigenvalue weighted by atomic mass is 10.1. The van der Waals surface area contributed by atoms with Crippen LogP contribution in [0.1, 0.15) is 23.2 Å². The van der Waals surface area contributed by atoms with Crippen molar-refractivity contribution in [1.29, 1.82) is 0 Å². The highest BCUT2D eigenvalue weighted by Gasteiger charge is 2.19. The molecule has 1 aliphatic rings. The topological polar surface area (TPSA) is 70.7 Å². The number of benzene rings is 2. The summed E-state index contributed by atoms with van der Waals surface area (Å²) in [4.78, 5) is 26.9. The summed E-state index contributed by atoms with van der Waals surface area (Å²) in [7, 11) is 1.90. The number of likely N-dealkylation sites (N-methyl/N-ethyl adjacent to an activating group) is 1. The van der Waals surface area contributed by atoms with Crippen molar-refractivity contribution in [3.63, 3.8) is 0 Å². The second-order valence-corrected chi connectivity index (χ2v) is 6.75. The van der Waals surface area contributed by atoms with E-state index >= 15 is 0 Å². The molecule has 142 valence electrons. The van der Waals surface area contributed by atoms with E-state index in [0.29, 0.717) is 16.9 Å². The standard InChI is InChI=1S/C21H25N3O3/c1-24(14-17-10-7-13-27-17)15-20(25)23-19-12-6-5-11-18(19)21(26)22-16-8-3-2-4-9-16/h2-6,8-9,11-12,17H,7,10,13-15H2,1H3,(H,22,26)(H,23,25). The molecular weight excluding hydrogens is 342 g/mol. The fourth-order valence-corrected chi connectivity index (χ4v) is 3.15. The highest BCUT2D eigenvalue weighted by molar-refractivity contribution is 6.10. The fourth-order valence-electron chi connectivity index (χ4n) is 3.15. The zero-order valence-corrected chi connectivity index (χ0v) is 15.5. The molecule has 3 rings (SSSR count). The minimum Gasteiger partial charge on any atom is -0.377 e. The molecule has 0 bridgehead atoms. The molecule has 2 aromatic rings. The molecule has 6 heteroatoms. The molecule has 1 unspecified atom stereocenters. The Hall–Kier alpha value is -2.70. The number of carbonyl (C=O) groups is 2. The number of amides is 2. The number of hydrogen-bond acceptors (Lipinski definition) is 4. The predicted molar refractivity (Wildman–Crippen MR) is 106 cm³/mol. The Bertz CT molecular complexity index is 773. The van der Waals surface area contributed by atoms with Crippen LogP contribution in [0.4, 0.5) is 11.4 Å². The van der Waals surface area contributed by atoms with Gasteiger partial charge in [0.15, 0.2) is 0 Å². The minimum atomic E-state index is -0.259. The van der Waals surface area contributed by atoms with E-state index in [2.05, 4.69) is 10.6 Å². The Labute approximate surface area is 159 Å². The second kappa shape index (κ2) is 9.30. The molecule has 2 amide bonds. The van der Waals surface area contributed by atoms with Crippen LogP contribution in [0.3, 0.4) is 0 Å². The van der Waals surface area contributed by atoms with E-state index < -0.39 is 0 Å². The van der Waals surface area contributed by atoms with Gasteiger partial charge in [-0.1, -0.05) is 30.3 Å². The Morgan fingerprint density at radius 1 is 1.07 bits per heavy atom. The molecule has 1 fully saturated rings. The first kappa shape index (κ1) is 19.1. The third-order valence-electron chi connectivity index (χ3n) is 4.43. The molecule has 2 N–H and O–H groups in total. The van der Waals surface area contributed by atoms with E-state index in [1.54, 1.807) is 24.3 Å². The number of nitrogens with zero attached hydrogens (tertiary/aromatic N) is 1. The van der Waals surface area contributed by atoms with E-state index in [1.165, 1.54) is 0 Å². The third-order valence-corrected chi connectivity index (χ3v) is 4.43. The summed E-state index contributed by atoms with van der Waals surface area (Å²) in [5.41, 5.74) is 1.64. The molecule has 1 heterocycles. The van der Waals surface area contributed by atoms with Crippen molar-refractivity contribution >= 4 is 23.2 Å². The Balaban J connectivity index is 1.59. The first-order valence-electron chi connectivity index (χ1n) is 9.17. The zero-order chi connectivity index (χ0) is 19.1. The van der Waals surface area contributed by atoms with Gasteiger partial charge in [0.25, 0.3) is 5.91 Å². The smallest absolute Gasteiger partial charge is 0.257 e. The maximum atomic E-state index is 12.6. The van der Waals surface area contributed by atoms with Crippen molar-refractivity contribution in [2.75, 3.05) is 37.4 Å². The van der Waals surface area contributed by atoms with Gasteiger partial charge in [0.2, 0.25) is 5.91 Å². The summed E-state index contributed by atoms with van der Waals surface area (Å²) < 4.78 is 5.60. The van der Waals surface area contributed by atoms with Gasteiger partial charge in [0.1, 0.15) is 0 Å². The van der Waals surface area contributed by atoms with Crippen LogP contribution in [-0.2, 0) is 9.53 Å². The van der Waals surface area contributed by atoms with Gasteiger partial charge in [-0.3, -0.25) is 14.5 Å². The normalized spacial score (nSPS) is 16.3. The van der Waals surface area contributed by atoms with Gasteiger partial charge < -0.3 is 15.4 Å². The number of nitrogens with one attached hydrogen (secondary N) is 2. The van der Waals surface area contributed by atoms with Gasteiger partial charge in [-0.2, -0.15) is 0 Å². The van der Waals surface area contributed by atoms with Gasteiger partial charge >= 0.3 is 0 Å². The molecule has 1 aliphatic heterocycles. The van der Waals surface area contributed by atoms with E-state index in [0.717, 1.165) is 26.0 Å². The fraction of sp³-hybridized carbons (Fsp3) is 0.333. The largest absolute Gasteiger partial charge is 0.377 e. The van der Waals surface area contributed by atoms with E-state index in [1.807, 2.05) is 42.3 Å². The van der Waals surface area contributed by atoms with Crippen molar-refractivity contribution in [2.24, 2.45) is 0 Å². The molecular formula is C21H25N3O3. The molecule has 0 aliphatic carbocycles. The zero-order valence-electron chi connectivity index (χ0n) is 15.5. The van der Waals surface area contributed by atoms with Gasteiger partial charge in [-0.25, -0.2) is 0 Å². The lowest BCUT2D eigenvalue weighted by Gasteiger charge is -2.20. The quantitative estimate of drug-likeness (QED) is 0.789. The summed E-state index contributed by atoms with van der Waals surface area (Å²) in [5, 5.41) is 5.69. The van der Waals surface area contributed by atoms with Crippen LogP contribution in [0, 0.1) is 0 Å². The number of hydrogen-bond donors (Lipinski definition) is 2. The van der Waals surface area contributed by atoms with Crippen molar-refractivity contribution in [3.05, 3.63) is 60.2 Å². The number of anilines is 2. The molecule has 0 aromatic heterocycles. The van der Waals surface area contributed by atoms with Gasteiger partial charge in [-0.15, -0.1) is 0 Å². The number of rotatable bonds is 7. The van der Waals surface area contributed by atoms with Crippen LogP contribution in [0.15, 0.2) is 54.6 Å². The monoisotopic (exact) mass is 367 g/mol. The summed E-state index contributed by atoms with van der Waals surface area (Å²) in [5.74, 6) is -0.416. The molecule has 1 saturated heterocycles. The van der Waals surface area contributed by atoms with E-state index in [-0.39, 0.29) is 24.5 Å². The average Bonchev–Trinajstić information content (AvgIpc) is 3.15. The van der Waals surface area contributed by atoms with Crippen LogP contribution < -0.4 is 10.6 Å².